The molecule has 0 atom stereocenters. The second kappa shape index (κ2) is 5.84. The van der Waals surface area contributed by atoms with Crippen LogP contribution in [0.25, 0.3) is 5.69 Å². The zero-order valence-corrected chi connectivity index (χ0v) is 12.4. The highest BCUT2D eigenvalue weighted by molar-refractivity contribution is 9.10. The summed E-state index contributed by atoms with van der Waals surface area (Å²) in [5, 5.41) is 13.8. The summed E-state index contributed by atoms with van der Waals surface area (Å²) < 4.78 is 2.44. The Morgan fingerprint density at radius 2 is 1.95 bits per heavy atom. The van der Waals surface area contributed by atoms with Gasteiger partial charge in [-0.2, -0.15) is 0 Å². The first-order valence-corrected chi connectivity index (χ1v) is 6.92. The lowest BCUT2D eigenvalue weighted by atomic mass is 10.2. The maximum absolute atomic E-state index is 12.1. The zero-order chi connectivity index (χ0) is 14.7. The van der Waals surface area contributed by atoms with E-state index in [9.17, 15) is 4.79 Å². The van der Waals surface area contributed by atoms with Crippen LogP contribution in [0.3, 0.4) is 0 Å². The topological polar surface area (TPSA) is 72.7 Å². The minimum atomic E-state index is -0.170. The van der Waals surface area contributed by atoms with Crippen LogP contribution in [0.15, 0.2) is 59.3 Å². The molecule has 0 aliphatic rings. The number of aromatic nitrogens is 4. The summed E-state index contributed by atoms with van der Waals surface area (Å²) in [5.74, 6) is -0.170. The van der Waals surface area contributed by atoms with Gasteiger partial charge in [-0.25, -0.2) is 4.68 Å². The van der Waals surface area contributed by atoms with E-state index >= 15 is 0 Å². The van der Waals surface area contributed by atoms with Gasteiger partial charge in [-0.05, 0) is 52.9 Å². The van der Waals surface area contributed by atoms with Crippen LogP contribution in [-0.2, 0) is 0 Å². The zero-order valence-electron chi connectivity index (χ0n) is 10.8. The fraction of sp³-hybridized carbons (Fsp3) is 0. The normalized spacial score (nSPS) is 10.3. The van der Waals surface area contributed by atoms with Crippen molar-refractivity contribution >= 4 is 27.5 Å². The van der Waals surface area contributed by atoms with Crippen molar-refractivity contribution in [3.63, 3.8) is 0 Å². The average molecular weight is 344 g/mol. The molecule has 0 saturated carbocycles. The van der Waals surface area contributed by atoms with Crippen LogP contribution >= 0.6 is 15.9 Å². The number of carbonyl (C=O) groups excluding carboxylic acids is 1. The third-order valence-corrected chi connectivity index (χ3v) is 3.32. The SMILES string of the molecule is O=C(Nc1cccc(Br)c1)c1ccc(-n2cnnn2)cc1. The highest BCUT2D eigenvalue weighted by Crippen LogP contribution is 2.17. The minimum Gasteiger partial charge on any atom is -0.322 e. The lowest BCUT2D eigenvalue weighted by Crippen LogP contribution is -2.11. The van der Waals surface area contributed by atoms with E-state index in [0.717, 1.165) is 15.8 Å². The summed E-state index contributed by atoms with van der Waals surface area (Å²) in [7, 11) is 0. The smallest absolute Gasteiger partial charge is 0.255 e. The molecule has 2 aromatic carbocycles. The summed E-state index contributed by atoms with van der Waals surface area (Å²) in [4.78, 5) is 12.1. The number of benzene rings is 2. The molecule has 21 heavy (non-hydrogen) atoms. The van der Waals surface area contributed by atoms with Gasteiger partial charge in [0.25, 0.3) is 5.91 Å². The third kappa shape index (κ3) is 3.14. The first kappa shape index (κ1) is 13.4. The molecule has 104 valence electrons. The maximum atomic E-state index is 12.1. The quantitative estimate of drug-likeness (QED) is 0.793. The first-order chi connectivity index (χ1) is 10.2. The molecule has 0 saturated heterocycles. The van der Waals surface area contributed by atoms with Crippen LogP contribution < -0.4 is 5.32 Å². The van der Waals surface area contributed by atoms with Gasteiger partial charge in [-0.1, -0.05) is 22.0 Å². The summed E-state index contributed by atoms with van der Waals surface area (Å²) >= 11 is 3.37. The molecular weight excluding hydrogens is 334 g/mol. The number of tetrazole rings is 1. The lowest BCUT2D eigenvalue weighted by molar-refractivity contribution is 0.102. The highest BCUT2D eigenvalue weighted by atomic mass is 79.9. The molecule has 3 aromatic rings. The fourth-order valence-corrected chi connectivity index (χ4v) is 2.21. The van der Waals surface area contributed by atoms with E-state index in [4.69, 9.17) is 0 Å². The molecule has 0 radical (unpaired) electrons. The monoisotopic (exact) mass is 343 g/mol. The van der Waals surface area contributed by atoms with Crippen LogP contribution in [-0.4, -0.2) is 26.1 Å². The predicted octanol–water partition coefficient (Wildman–Crippen LogP) is 2.68. The Morgan fingerprint density at radius 3 is 2.62 bits per heavy atom. The molecule has 0 bridgehead atoms. The van der Waals surface area contributed by atoms with Gasteiger partial charge >= 0.3 is 0 Å². The predicted molar refractivity (Wildman–Crippen MR) is 81.2 cm³/mol. The number of hydrogen-bond donors (Lipinski definition) is 1. The second-order valence-electron chi connectivity index (χ2n) is 4.27. The number of rotatable bonds is 3. The number of amides is 1. The largest absolute Gasteiger partial charge is 0.322 e. The van der Waals surface area contributed by atoms with Crippen LogP contribution in [0.1, 0.15) is 10.4 Å². The maximum Gasteiger partial charge on any atom is 0.255 e. The van der Waals surface area contributed by atoms with Gasteiger partial charge in [0.1, 0.15) is 6.33 Å². The molecule has 0 fully saturated rings. The van der Waals surface area contributed by atoms with Gasteiger partial charge in [0.15, 0.2) is 0 Å². The van der Waals surface area contributed by atoms with Crippen LogP contribution in [0.5, 0.6) is 0 Å². The molecule has 1 heterocycles. The van der Waals surface area contributed by atoms with Crippen molar-refractivity contribution in [3.8, 4) is 5.69 Å². The van der Waals surface area contributed by atoms with Gasteiger partial charge in [0.05, 0.1) is 5.69 Å². The number of nitrogens with zero attached hydrogens (tertiary/aromatic N) is 4. The molecule has 1 N–H and O–H groups in total. The Bertz CT molecular complexity index is 755. The molecule has 0 aliphatic heterocycles. The summed E-state index contributed by atoms with van der Waals surface area (Å²) in [6.45, 7) is 0. The molecule has 0 aliphatic carbocycles. The van der Waals surface area contributed by atoms with Crippen LogP contribution in [0.4, 0.5) is 5.69 Å². The standard InChI is InChI=1S/C14H10BrN5O/c15-11-2-1-3-12(8-11)17-14(21)10-4-6-13(7-5-10)20-9-16-18-19-20/h1-9H,(H,17,21). The highest BCUT2D eigenvalue weighted by Gasteiger charge is 2.07. The number of hydrogen-bond acceptors (Lipinski definition) is 4. The van der Waals surface area contributed by atoms with Crippen molar-refractivity contribution < 1.29 is 4.79 Å². The summed E-state index contributed by atoms with van der Waals surface area (Å²) in [5.41, 5.74) is 2.09. The van der Waals surface area contributed by atoms with E-state index in [2.05, 4.69) is 36.8 Å². The molecule has 7 heteroatoms. The molecule has 0 unspecified atom stereocenters. The Kier molecular flexibility index (Phi) is 3.74. The van der Waals surface area contributed by atoms with Gasteiger partial charge in [-0.3, -0.25) is 4.79 Å². The van der Waals surface area contributed by atoms with E-state index in [0.29, 0.717) is 5.56 Å². The molecular formula is C14H10BrN5O. The third-order valence-electron chi connectivity index (χ3n) is 2.83. The van der Waals surface area contributed by atoms with E-state index in [1.165, 1.54) is 11.0 Å². The van der Waals surface area contributed by atoms with Crippen molar-refractivity contribution in [1.29, 1.82) is 0 Å². The Hall–Kier alpha value is -2.54. The van der Waals surface area contributed by atoms with Gasteiger partial charge < -0.3 is 5.32 Å². The van der Waals surface area contributed by atoms with Gasteiger partial charge in [-0.15, -0.1) is 5.10 Å². The second-order valence-corrected chi connectivity index (χ2v) is 5.18. The average Bonchev–Trinajstić information content (AvgIpc) is 3.01. The lowest BCUT2D eigenvalue weighted by Gasteiger charge is -2.06. The number of carbonyl (C=O) groups is 1. The summed E-state index contributed by atoms with van der Waals surface area (Å²) in [6, 6.07) is 14.5. The Labute approximate surface area is 128 Å². The number of halogens is 1. The Morgan fingerprint density at radius 1 is 1.14 bits per heavy atom. The molecule has 6 nitrogen and oxygen atoms in total. The number of nitrogens with one attached hydrogen (secondary N) is 1. The van der Waals surface area contributed by atoms with Crippen molar-refractivity contribution in [2.45, 2.75) is 0 Å². The van der Waals surface area contributed by atoms with E-state index < -0.39 is 0 Å². The number of anilines is 1. The molecule has 0 spiro atoms. The minimum absolute atomic E-state index is 0.170. The van der Waals surface area contributed by atoms with Crippen molar-refractivity contribution in [2.24, 2.45) is 0 Å². The first-order valence-electron chi connectivity index (χ1n) is 6.13. The van der Waals surface area contributed by atoms with Gasteiger partial charge in [0, 0.05) is 15.7 Å². The van der Waals surface area contributed by atoms with E-state index in [1.807, 2.05) is 24.3 Å². The van der Waals surface area contributed by atoms with Crippen molar-refractivity contribution in [1.82, 2.24) is 20.2 Å². The van der Waals surface area contributed by atoms with Gasteiger partial charge in [0.2, 0.25) is 0 Å². The molecule has 3 rings (SSSR count). The van der Waals surface area contributed by atoms with Crippen LogP contribution in [0, 0.1) is 0 Å². The molecule has 1 amide bonds. The Balaban J connectivity index is 1.76. The van der Waals surface area contributed by atoms with Crippen molar-refractivity contribution in [3.05, 3.63) is 64.9 Å². The van der Waals surface area contributed by atoms with Crippen molar-refractivity contribution in [2.75, 3.05) is 5.32 Å². The fourth-order valence-electron chi connectivity index (χ4n) is 1.81. The summed E-state index contributed by atoms with van der Waals surface area (Å²) in [6.07, 6.45) is 1.50. The van der Waals surface area contributed by atoms with E-state index in [1.54, 1.807) is 24.3 Å². The molecule has 1 aromatic heterocycles. The van der Waals surface area contributed by atoms with Crippen LogP contribution in [0.2, 0.25) is 0 Å². The van der Waals surface area contributed by atoms with E-state index in [-0.39, 0.29) is 5.91 Å².